The first-order valence-corrected chi connectivity index (χ1v) is 6.24. The molecule has 2 nitrogen and oxygen atoms in total. The molecule has 0 bridgehead atoms. The summed E-state index contributed by atoms with van der Waals surface area (Å²) in [6, 6.07) is 6.66. The molecule has 1 aliphatic heterocycles. The molecule has 1 saturated heterocycles. The molecule has 92 valence electrons. The van der Waals surface area contributed by atoms with Crippen LogP contribution in [-0.2, 0) is 0 Å². The second kappa shape index (κ2) is 4.92. The van der Waals surface area contributed by atoms with Gasteiger partial charge in [0.25, 0.3) is 0 Å². The first kappa shape index (κ1) is 12.2. The second-order valence-electron chi connectivity index (χ2n) is 5.13. The van der Waals surface area contributed by atoms with E-state index in [1.807, 2.05) is 0 Å². The Kier molecular flexibility index (Phi) is 3.53. The highest BCUT2D eigenvalue weighted by atomic mass is 15.1. The van der Waals surface area contributed by atoms with E-state index < -0.39 is 0 Å². The number of hydrogen-bond donors (Lipinski definition) is 1. The van der Waals surface area contributed by atoms with Gasteiger partial charge in [-0.1, -0.05) is 23.3 Å². The standard InChI is InChI=1S/C15H22N2/c1-11-5-6-15(12(2)7-11)17(4)10-13(3)14-8-16-9-14/h5-7,16H,8-10H2,1-4H3. The van der Waals surface area contributed by atoms with Crippen LogP contribution in [0.5, 0.6) is 0 Å². The van der Waals surface area contributed by atoms with Crippen LogP contribution in [0.25, 0.3) is 0 Å². The van der Waals surface area contributed by atoms with Crippen molar-refractivity contribution >= 4 is 5.69 Å². The molecule has 0 amide bonds. The van der Waals surface area contributed by atoms with Gasteiger partial charge >= 0.3 is 0 Å². The van der Waals surface area contributed by atoms with Gasteiger partial charge in [-0.2, -0.15) is 0 Å². The number of likely N-dealkylation sites (N-methyl/N-ethyl adjacent to an activating group) is 1. The van der Waals surface area contributed by atoms with Crippen LogP contribution in [0.15, 0.2) is 29.3 Å². The molecule has 0 spiro atoms. The molecule has 2 heteroatoms. The summed E-state index contributed by atoms with van der Waals surface area (Å²) in [5.41, 5.74) is 7.10. The number of anilines is 1. The minimum Gasteiger partial charge on any atom is -0.370 e. The van der Waals surface area contributed by atoms with Gasteiger partial charge in [-0.15, -0.1) is 0 Å². The summed E-state index contributed by atoms with van der Waals surface area (Å²) in [5.74, 6) is 0. The molecule has 1 aromatic rings. The largest absolute Gasteiger partial charge is 0.370 e. The molecule has 0 saturated carbocycles. The molecule has 1 heterocycles. The van der Waals surface area contributed by atoms with Crippen molar-refractivity contribution in [2.24, 2.45) is 0 Å². The van der Waals surface area contributed by atoms with E-state index in [1.165, 1.54) is 22.4 Å². The summed E-state index contributed by atoms with van der Waals surface area (Å²) in [5, 5.41) is 3.30. The Balaban J connectivity index is 2.11. The van der Waals surface area contributed by atoms with Crippen LogP contribution in [0.2, 0.25) is 0 Å². The first-order valence-electron chi connectivity index (χ1n) is 6.24. The van der Waals surface area contributed by atoms with Gasteiger partial charge in [0, 0.05) is 32.4 Å². The maximum atomic E-state index is 3.30. The lowest BCUT2D eigenvalue weighted by molar-refractivity contribution is 0.653. The van der Waals surface area contributed by atoms with Crippen LogP contribution in [0.3, 0.4) is 0 Å². The molecule has 1 aromatic carbocycles. The van der Waals surface area contributed by atoms with E-state index in [4.69, 9.17) is 0 Å². The number of aryl methyl sites for hydroxylation is 2. The molecule has 1 fully saturated rings. The number of hydrogen-bond acceptors (Lipinski definition) is 2. The molecule has 0 atom stereocenters. The van der Waals surface area contributed by atoms with E-state index in [9.17, 15) is 0 Å². The van der Waals surface area contributed by atoms with Crippen LogP contribution < -0.4 is 10.2 Å². The van der Waals surface area contributed by atoms with Gasteiger partial charge in [-0.05, 0) is 38.0 Å². The average molecular weight is 230 g/mol. The fraction of sp³-hybridized carbons (Fsp3) is 0.467. The third-order valence-electron chi connectivity index (χ3n) is 3.52. The average Bonchev–Trinajstić information content (AvgIpc) is 2.13. The molecule has 0 radical (unpaired) electrons. The monoisotopic (exact) mass is 230 g/mol. The van der Waals surface area contributed by atoms with Gasteiger partial charge in [-0.3, -0.25) is 0 Å². The number of nitrogens with one attached hydrogen (secondary N) is 1. The molecular formula is C15H22N2. The van der Waals surface area contributed by atoms with Crippen molar-refractivity contribution in [3.63, 3.8) is 0 Å². The van der Waals surface area contributed by atoms with Crippen molar-refractivity contribution in [2.45, 2.75) is 20.8 Å². The van der Waals surface area contributed by atoms with Crippen LogP contribution in [0, 0.1) is 13.8 Å². The van der Waals surface area contributed by atoms with Gasteiger partial charge in [-0.25, -0.2) is 0 Å². The van der Waals surface area contributed by atoms with Crippen molar-refractivity contribution in [1.29, 1.82) is 0 Å². The van der Waals surface area contributed by atoms with E-state index in [1.54, 1.807) is 5.57 Å². The van der Waals surface area contributed by atoms with E-state index in [0.717, 1.165) is 19.6 Å². The highest BCUT2D eigenvalue weighted by molar-refractivity contribution is 5.54. The second-order valence-corrected chi connectivity index (χ2v) is 5.13. The topological polar surface area (TPSA) is 15.3 Å². The van der Waals surface area contributed by atoms with E-state index in [-0.39, 0.29) is 0 Å². The molecular weight excluding hydrogens is 208 g/mol. The maximum absolute atomic E-state index is 3.30. The zero-order valence-corrected chi connectivity index (χ0v) is 11.3. The summed E-state index contributed by atoms with van der Waals surface area (Å²) in [7, 11) is 2.17. The van der Waals surface area contributed by atoms with Gasteiger partial charge in [0.05, 0.1) is 0 Å². The summed E-state index contributed by atoms with van der Waals surface area (Å²) >= 11 is 0. The summed E-state index contributed by atoms with van der Waals surface area (Å²) in [6.45, 7) is 9.76. The minimum atomic E-state index is 1.03. The quantitative estimate of drug-likeness (QED) is 0.803. The zero-order valence-electron chi connectivity index (χ0n) is 11.3. The molecule has 1 N–H and O–H groups in total. The predicted molar refractivity (Wildman–Crippen MR) is 74.8 cm³/mol. The molecule has 0 aromatic heterocycles. The number of benzene rings is 1. The van der Waals surface area contributed by atoms with Crippen LogP contribution >= 0.6 is 0 Å². The molecule has 1 aliphatic rings. The van der Waals surface area contributed by atoms with Gasteiger partial charge in [0.15, 0.2) is 0 Å². The van der Waals surface area contributed by atoms with E-state index >= 15 is 0 Å². The van der Waals surface area contributed by atoms with Crippen molar-refractivity contribution in [3.8, 4) is 0 Å². The maximum Gasteiger partial charge on any atom is 0.0396 e. The Labute approximate surface area is 104 Å². The van der Waals surface area contributed by atoms with Crippen LogP contribution in [-0.4, -0.2) is 26.7 Å². The lowest BCUT2D eigenvalue weighted by atomic mass is 10.0. The molecule has 2 rings (SSSR count). The highest BCUT2D eigenvalue weighted by Crippen LogP contribution is 2.21. The van der Waals surface area contributed by atoms with Gasteiger partial charge in [0.2, 0.25) is 0 Å². The first-order chi connectivity index (χ1) is 8.08. The Morgan fingerprint density at radius 3 is 2.53 bits per heavy atom. The molecule has 17 heavy (non-hydrogen) atoms. The molecule has 0 unspecified atom stereocenters. The zero-order chi connectivity index (χ0) is 12.4. The number of nitrogens with zero attached hydrogens (tertiary/aromatic N) is 1. The Hall–Kier alpha value is -1.28. The smallest absolute Gasteiger partial charge is 0.0396 e. The summed E-state index contributed by atoms with van der Waals surface area (Å²) in [6.07, 6.45) is 0. The highest BCUT2D eigenvalue weighted by Gasteiger charge is 2.12. The third-order valence-corrected chi connectivity index (χ3v) is 3.52. The summed E-state index contributed by atoms with van der Waals surface area (Å²) in [4.78, 5) is 2.34. The predicted octanol–water partition coefficient (Wildman–Crippen LogP) is 2.66. The lowest BCUT2D eigenvalue weighted by Gasteiger charge is -2.27. The normalized spacial score (nSPS) is 14.5. The van der Waals surface area contributed by atoms with Crippen LogP contribution in [0.4, 0.5) is 5.69 Å². The fourth-order valence-electron chi connectivity index (χ4n) is 2.34. The fourth-order valence-corrected chi connectivity index (χ4v) is 2.34. The summed E-state index contributed by atoms with van der Waals surface area (Å²) < 4.78 is 0. The van der Waals surface area contributed by atoms with Crippen molar-refractivity contribution < 1.29 is 0 Å². The Morgan fingerprint density at radius 1 is 1.29 bits per heavy atom. The van der Waals surface area contributed by atoms with E-state index in [2.05, 4.69) is 56.2 Å². The molecule has 0 aliphatic carbocycles. The van der Waals surface area contributed by atoms with Gasteiger partial charge in [0.1, 0.15) is 0 Å². The van der Waals surface area contributed by atoms with Crippen molar-refractivity contribution in [2.75, 3.05) is 31.6 Å². The Bertz CT molecular complexity index is 440. The third kappa shape index (κ3) is 2.70. The minimum absolute atomic E-state index is 1.03. The van der Waals surface area contributed by atoms with Gasteiger partial charge < -0.3 is 10.2 Å². The Morgan fingerprint density at radius 2 is 2.00 bits per heavy atom. The lowest BCUT2D eigenvalue weighted by Crippen LogP contribution is -2.36. The SMILES string of the molecule is CC(CN(C)c1ccc(C)cc1C)=C1CNC1. The van der Waals surface area contributed by atoms with Crippen LogP contribution in [0.1, 0.15) is 18.1 Å². The number of rotatable bonds is 3. The van der Waals surface area contributed by atoms with Crippen molar-refractivity contribution in [3.05, 3.63) is 40.5 Å². The van der Waals surface area contributed by atoms with Crippen molar-refractivity contribution in [1.82, 2.24) is 5.32 Å². The van der Waals surface area contributed by atoms with E-state index in [0.29, 0.717) is 0 Å².